The second-order valence-corrected chi connectivity index (χ2v) is 10.8. The molecule has 0 aliphatic heterocycles. The van der Waals surface area contributed by atoms with E-state index in [0.29, 0.717) is 25.9 Å². The molecule has 0 N–H and O–H groups in total. The lowest BCUT2D eigenvalue weighted by Gasteiger charge is -2.11. The van der Waals surface area contributed by atoms with Gasteiger partial charge in [0.1, 0.15) is 11.0 Å². The molecule has 2 atom stereocenters. The van der Waals surface area contributed by atoms with E-state index in [9.17, 15) is 8.42 Å². The summed E-state index contributed by atoms with van der Waals surface area (Å²) < 4.78 is 29.1. The van der Waals surface area contributed by atoms with Crippen LogP contribution in [-0.2, 0) is 22.0 Å². The summed E-state index contributed by atoms with van der Waals surface area (Å²) in [7, 11) is 0.636. The summed E-state index contributed by atoms with van der Waals surface area (Å²) in [5, 5.41) is 1.19. The van der Waals surface area contributed by atoms with E-state index in [0.717, 1.165) is 16.7 Å². The molecule has 180 valence electrons. The van der Waals surface area contributed by atoms with Crippen LogP contribution in [0.25, 0.3) is 16.6 Å². The second kappa shape index (κ2) is 13.6. The molecule has 0 aromatic carbocycles. The maximum Gasteiger partial charge on any atom is 0.154 e. The summed E-state index contributed by atoms with van der Waals surface area (Å²) in [6.07, 6.45) is 12.4. The van der Waals surface area contributed by atoms with Crippen LogP contribution in [0.5, 0.6) is 0 Å². The lowest BCUT2D eigenvalue weighted by molar-refractivity contribution is 0.609. The van der Waals surface area contributed by atoms with Crippen molar-refractivity contribution in [3.05, 3.63) is 81.4 Å². The molecule has 0 amide bonds. The highest BCUT2D eigenvalue weighted by Gasteiger charge is 2.19. The Labute approximate surface area is 208 Å². The number of allylic oxidation sites excluding steroid dienone is 8. The van der Waals surface area contributed by atoms with Crippen LogP contribution in [0.4, 0.5) is 0 Å². The van der Waals surface area contributed by atoms with Crippen LogP contribution in [0.3, 0.4) is 0 Å². The van der Waals surface area contributed by atoms with Crippen molar-refractivity contribution < 1.29 is 8.42 Å². The predicted octanol–water partition coefficient (Wildman–Crippen LogP) is 6.80. The first-order chi connectivity index (χ1) is 15.6. The largest absolute Gasteiger partial charge is 0.245 e. The van der Waals surface area contributed by atoms with Crippen molar-refractivity contribution in [1.29, 1.82) is 0 Å². The summed E-state index contributed by atoms with van der Waals surface area (Å²) >= 11 is 6.53. The molecule has 0 saturated carbocycles. The first-order valence-electron chi connectivity index (χ1n) is 10.6. The van der Waals surface area contributed by atoms with E-state index < -0.39 is 22.0 Å². The Kier molecular flexibility index (Phi) is 11.9. The van der Waals surface area contributed by atoms with Gasteiger partial charge in [0, 0.05) is 28.2 Å². The predicted molar refractivity (Wildman–Crippen MR) is 147 cm³/mol. The Morgan fingerprint density at radius 1 is 1.18 bits per heavy atom. The lowest BCUT2D eigenvalue weighted by atomic mass is 10.1. The standard InChI is InChI=1S/C23H28ClN3O2S2.C2H6/c1-8-18(14-19(9-2)31(29)26(6)7)20-15-27(23-22(20)21(24)12-13-25-23)30(28)17(5)11-10-16(3)4;1-2/h8-15H,2H2,1,3-7H3;1-2H3/b17-11+,18-8+,19-14+;. The third kappa shape index (κ3) is 7.21. The number of nitrogens with zero attached hydrogens (tertiary/aromatic N) is 3. The van der Waals surface area contributed by atoms with Crippen LogP contribution in [-0.4, -0.2) is 35.8 Å². The monoisotopic (exact) mass is 507 g/mol. The van der Waals surface area contributed by atoms with Crippen molar-refractivity contribution in [2.75, 3.05) is 14.1 Å². The van der Waals surface area contributed by atoms with Crippen molar-refractivity contribution >= 4 is 50.2 Å². The van der Waals surface area contributed by atoms with Crippen molar-refractivity contribution in [2.24, 2.45) is 0 Å². The highest BCUT2D eigenvalue weighted by Crippen LogP contribution is 2.34. The van der Waals surface area contributed by atoms with Crippen LogP contribution >= 0.6 is 11.6 Å². The first-order valence-corrected chi connectivity index (χ1v) is 13.2. The normalized spacial score (nSPS) is 14.5. The number of hydrogen-bond acceptors (Lipinski definition) is 3. The molecule has 2 aromatic heterocycles. The van der Waals surface area contributed by atoms with Crippen molar-refractivity contribution in [2.45, 2.75) is 41.5 Å². The molecular formula is C25H34ClN3O2S2. The summed E-state index contributed by atoms with van der Waals surface area (Å²) in [6.45, 7) is 15.5. The van der Waals surface area contributed by atoms with Gasteiger partial charge in [-0.1, -0.05) is 55.8 Å². The summed E-state index contributed by atoms with van der Waals surface area (Å²) in [5.74, 6) is 0. The molecule has 2 heterocycles. The fraction of sp³-hybridized carbons (Fsp3) is 0.320. The smallest absolute Gasteiger partial charge is 0.154 e. The maximum atomic E-state index is 13.3. The zero-order valence-corrected chi connectivity index (χ0v) is 23.1. The zero-order valence-electron chi connectivity index (χ0n) is 20.7. The fourth-order valence-electron chi connectivity index (χ4n) is 2.79. The molecule has 2 unspecified atom stereocenters. The van der Waals surface area contributed by atoms with E-state index in [4.69, 9.17) is 11.6 Å². The molecule has 2 rings (SSSR count). The molecule has 0 radical (unpaired) electrons. The summed E-state index contributed by atoms with van der Waals surface area (Å²) in [5.41, 5.74) is 3.18. The van der Waals surface area contributed by atoms with E-state index >= 15 is 0 Å². The van der Waals surface area contributed by atoms with Gasteiger partial charge in [0.2, 0.25) is 0 Å². The van der Waals surface area contributed by atoms with E-state index in [2.05, 4.69) is 11.6 Å². The highest BCUT2D eigenvalue weighted by molar-refractivity contribution is 7.87. The van der Waals surface area contributed by atoms with E-state index in [1.165, 1.54) is 0 Å². The van der Waals surface area contributed by atoms with Crippen molar-refractivity contribution in [1.82, 2.24) is 13.3 Å². The zero-order chi connectivity index (χ0) is 25.3. The van der Waals surface area contributed by atoms with Crippen molar-refractivity contribution in [3.63, 3.8) is 0 Å². The number of aromatic nitrogens is 2. The second-order valence-electron chi connectivity index (χ2n) is 7.19. The van der Waals surface area contributed by atoms with E-state index in [-0.39, 0.29) is 0 Å². The van der Waals surface area contributed by atoms with Crippen LogP contribution in [0.2, 0.25) is 5.02 Å². The molecule has 0 aliphatic carbocycles. The molecule has 0 saturated heterocycles. The Morgan fingerprint density at radius 3 is 2.33 bits per heavy atom. The van der Waals surface area contributed by atoms with E-state index in [1.54, 1.807) is 53.0 Å². The van der Waals surface area contributed by atoms with Gasteiger partial charge >= 0.3 is 0 Å². The minimum absolute atomic E-state index is 0.503. The maximum absolute atomic E-state index is 13.3. The number of hydrogen-bond donors (Lipinski definition) is 0. The topological polar surface area (TPSA) is 55.2 Å². The summed E-state index contributed by atoms with van der Waals surface area (Å²) in [4.78, 5) is 5.69. The van der Waals surface area contributed by atoms with E-state index in [1.807, 2.05) is 59.8 Å². The van der Waals surface area contributed by atoms with Gasteiger partial charge in [-0.25, -0.2) is 21.7 Å². The first kappa shape index (κ1) is 29.0. The Balaban J connectivity index is 0.00000265. The molecule has 8 heteroatoms. The van der Waals surface area contributed by atoms with Crippen LogP contribution in [0, 0.1) is 0 Å². The molecule has 5 nitrogen and oxygen atoms in total. The summed E-state index contributed by atoms with van der Waals surface area (Å²) in [6, 6.07) is 1.70. The van der Waals surface area contributed by atoms with Gasteiger partial charge in [0.25, 0.3) is 0 Å². The SMILES string of the molecule is C=C/C(=C\C(=C/C)c1cn(S(=O)/C(C)=C/C=C(C)C)c2nccc(Cl)c12)S(=O)N(C)C.CC. The fourth-order valence-corrected chi connectivity index (χ4v) is 4.82. The van der Waals surface area contributed by atoms with Gasteiger partial charge in [-0.05, 0) is 65.6 Å². The van der Waals surface area contributed by atoms with Gasteiger partial charge < -0.3 is 0 Å². The third-order valence-electron chi connectivity index (χ3n) is 4.36. The minimum atomic E-state index is -1.48. The Morgan fingerprint density at radius 2 is 1.82 bits per heavy atom. The Hall–Kier alpha value is -2.06. The van der Waals surface area contributed by atoms with Gasteiger partial charge in [-0.15, -0.1) is 0 Å². The van der Waals surface area contributed by atoms with Gasteiger partial charge in [-0.2, -0.15) is 0 Å². The van der Waals surface area contributed by atoms with Gasteiger partial charge in [0.15, 0.2) is 16.6 Å². The molecule has 0 fully saturated rings. The molecule has 0 bridgehead atoms. The van der Waals surface area contributed by atoms with Crippen LogP contribution in [0.1, 0.15) is 47.1 Å². The number of rotatable bonds is 8. The number of pyridine rings is 1. The average molecular weight is 508 g/mol. The Bertz CT molecular complexity index is 1170. The molecular weight excluding hydrogens is 474 g/mol. The number of fused-ring (bicyclic) bond motifs is 1. The molecule has 2 aromatic rings. The highest BCUT2D eigenvalue weighted by atomic mass is 35.5. The lowest BCUT2D eigenvalue weighted by Crippen LogP contribution is -2.16. The molecule has 33 heavy (non-hydrogen) atoms. The average Bonchev–Trinajstić information content (AvgIpc) is 3.19. The van der Waals surface area contributed by atoms with Crippen molar-refractivity contribution in [3.8, 4) is 0 Å². The van der Waals surface area contributed by atoms with Gasteiger partial charge in [-0.3, -0.25) is 0 Å². The minimum Gasteiger partial charge on any atom is -0.245 e. The third-order valence-corrected chi connectivity index (χ3v) is 7.35. The number of halogens is 1. The van der Waals surface area contributed by atoms with Crippen LogP contribution in [0.15, 0.2) is 70.8 Å². The molecule has 0 aliphatic rings. The van der Waals surface area contributed by atoms with Crippen LogP contribution < -0.4 is 0 Å². The molecule has 0 spiro atoms. The quantitative estimate of drug-likeness (QED) is 0.369. The van der Waals surface area contributed by atoms with Gasteiger partial charge in [0.05, 0.1) is 9.93 Å².